The second-order valence-electron chi connectivity index (χ2n) is 4.04. The molecule has 0 radical (unpaired) electrons. The molecule has 1 aromatic carbocycles. The fourth-order valence-corrected chi connectivity index (χ4v) is 1.92. The highest BCUT2D eigenvalue weighted by Crippen LogP contribution is 2.38. The Kier molecular flexibility index (Phi) is 3.87. The average Bonchev–Trinajstić information content (AvgIpc) is 2.81. The van der Waals surface area contributed by atoms with Crippen molar-refractivity contribution in [1.29, 1.82) is 0 Å². The molecule has 1 atom stereocenters. The lowest BCUT2D eigenvalue weighted by atomic mass is 10.0. The highest BCUT2D eigenvalue weighted by atomic mass is 35.5. The Balaban J connectivity index is 2.04. The predicted octanol–water partition coefficient (Wildman–Crippen LogP) is 2.81. The number of ether oxygens (including phenoxy) is 1. The minimum atomic E-state index is -1.10. The van der Waals surface area contributed by atoms with E-state index in [1.807, 2.05) is 37.3 Å². The molecule has 0 N–H and O–H groups in total. The molecule has 1 aromatic rings. The first-order chi connectivity index (χ1) is 8.65. The van der Waals surface area contributed by atoms with Crippen molar-refractivity contribution in [3.8, 4) is 0 Å². The molecule has 0 aliphatic carbocycles. The summed E-state index contributed by atoms with van der Waals surface area (Å²) in [4.78, 5) is 16.8. The summed E-state index contributed by atoms with van der Waals surface area (Å²) in [5.41, 5.74) is 0.996. The lowest BCUT2D eigenvalue weighted by molar-refractivity contribution is -0.135. The Labute approximate surface area is 111 Å². The van der Waals surface area contributed by atoms with E-state index in [1.165, 1.54) is 0 Å². The molecule has 18 heavy (non-hydrogen) atoms. The van der Waals surface area contributed by atoms with E-state index in [0.717, 1.165) is 12.0 Å². The maximum absolute atomic E-state index is 11.6. The molecule has 0 amide bonds. The summed E-state index contributed by atoms with van der Waals surface area (Å²) in [6, 6.07) is 9.27. The first-order valence-corrected chi connectivity index (χ1v) is 6.20. The fourth-order valence-electron chi connectivity index (χ4n) is 1.64. The van der Waals surface area contributed by atoms with Crippen LogP contribution in [-0.2, 0) is 19.4 Å². The number of oxime groups is 1. The summed E-state index contributed by atoms with van der Waals surface area (Å²) >= 11 is 6.32. The zero-order chi connectivity index (χ0) is 13.0. The number of esters is 1. The Morgan fingerprint density at radius 2 is 2.22 bits per heavy atom. The summed E-state index contributed by atoms with van der Waals surface area (Å²) in [5.74, 6) is -0.463. The number of carbonyl (C=O) groups excluding carboxylic acids is 1. The lowest BCUT2D eigenvalue weighted by Gasteiger charge is -2.18. The maximum atomic E-state index is 11.6. The van der Waals surface area contributed by atoms with Gasteiger partial charge in [0.25, 0.3) is 0 Å². The van der Waals surface area contributed by atoms with Crippen LogP contribution in [0.4, 0.5) is 0 Å². The first kappa shape index (κ1) is 12.9. The minimum absolute atomic E-state index is 0.209. The zero-order valence-electron chi connectivity index (χ0n) is 10.1. The number of hydrogen-bond donors (Lipinski definition) is 0. The van der Waals surface area contributed by atoms with Gasteiger partial charge in [-0.2, -0.15) is 0 Å². The van der Waals surface area contributed by atoms with E-state index < -0.39 is 11.0 Å². The summed E-state index contributed by atoms with van der Waals surface area (Å²) in [6.45, 7) is 2.30. The van der Waals surface area contributed by atoms with Gasteiger partial charge in [-0.3, -0.25) is 0 Å². The van der Waals surface area contributed by atoms with E-state index in [2.05, 4.69) is 5.16 Å². The molecule has 1 unspecified atom stereocenters. The van der Waals surface area contributed by atoms with Gasteiger partial charge in [-0.05, 0) is 6.42 Å². The number of hydrogen-bond acceptors (Lipinski definition) is 4. The quantitative estimate of drug-likeness (QED) is 0.623. The smallest absolute Gasteiger partial charge is 0.356 e. The lowest BCUT2D eigenvalue weighted by Crippen LogP contribution is -2.23. The summed E-state index contributed by atoms with van der Waals surface area (Å²) in [6.07, 6.45) is 0.978. The van der Waals surface area contributed by atoms with Gasteiger partial charge >= 0.3 is 5.97 Å². The third kappa shape index (κ3) is 2.64. The standard InChI is InChI=1S/C13H14ClNO3/c1-2-8-17-12(16)11-9-13(14,18-15-11)10-6-4-3-5-7-10/h3-7H,2,8-9H2,1H3. The molecular weight excluding hydrogens is 254 g/mol. The van der Waals surface area contributed by atoms with Crippen LogP contribution in [0.15, 0.2) is 35.5 Å². The number of rotatable bonds is 4. The number of halogens is 1. The van der Waals surface area contributed by atoms with Gasteiger partial charge in [0.1, 0.15) is 0 Å². The highest BCUT2D eigenvalue weighted by molar-refractivity contribution is 6.39. The van der Waals surface area contributed by atoms with E-state index in [9.17, 15) is 4.79 Å². The van der Waals surface area contributed by atoms with Crippen molar-refractivity contribution in [3.05, 3.63) is 35.9 Å². The van der Waals surface area contributed by atoms with Crippen LogP contribution in [0.2, 0.25) is 0 Å². The van der Waals surface area contributed by atoms with E-state index in [1.54, 1.807) is 0 Å². The van der Waals surface area contributed by atoms with Gasteiger partial charge in [-0.25, -0.2) is 4.79 Å². The van der Waals surface area contributed by atoms with Crippen LogP contribution < -0.4 is 0 Å². The van der Waals surface area contributed by atoms with Crippen molar-refractivity contribution in [3.63, 3.8) is 0 Å². The maximum Gasteiger partial charge on any atom is 0.356 e. The van der Waals surface area contributed by atoms with Gasteiger partial charge in [0, 0.05) is 5.56 Å². The number of alkyl halides is 1. The van der Waals surface area contributed by atoms with Crippen LogP contribution in [-0.4, -0.2) is 18.3 Å². The van der Waals surface area contributed by atoms with Gasteiger partial charge in [-0.1, -0.05) is 54.0 Å². The van der Waals surface area contributed by atoms with Gasteiger partial charge in [0.2, 0.25) is 5.06 Å². The highest BCUT2D eigenvalue weighted by Gasteiger charge is 2.41. The van der Waals surface area contributed by atoms with Crippen LogP contribution >= 0.6 is 11.6 Å². The molecule has 0 bridgehead atoms. The first-order valence-electron chi connectivity index (χ1n) is 5.82. The molecule has 0 aromatic heterocycles. The van der Waals surface area contributed by atoms with E-state index in [4.69, 9.17) is 21.2 Å². The third-order valence-corrected chi connectivity index (χ3v) is 2.99. The van der Waals surface area contributed by atoms with Gasteiger partial charge < -0.3 is 9.57 Å². The van der Waals surface area contributed by atoms with E-state index in [-0.39, 0.29) is 12.1 Å². The normalized spacial score (nSPS) is 22.2. The molecule has 0 spiro atoms. The van der Waals surface area contributed by atoms with Crippen molar-refractivity contribution in [2.75, 3.05) is 6.61 Å². The van der Waals surface area contributed by atoms with E-state index >= 15 is 0 Å². The largest absolute Gasteiger partial charge is 0.461 e. The Hall–Kier alpha value is -1.55. The molecule has 0 saturated carbocycles. The predicted molar refractivity (Wildman–Crippen MR) is 68.4 cm³/mol. The molecule has 0 fully saturated rings. The fraction of sp³-hybridized carbons (Fsp3) is 0.385. The molecule has 96 valence electrons. The Morgan fingerprint density at radius 1 is 1.50 bits per heavy atom. The Bertz CT molecular complexity index is 461. The molecule has 1 aliphatic rings. The van der Waals surface area contributed by atoms with Crippen molar-refractivity contribution < 1.29 is 14.4 Å². The Morgan fingerprint density at radius 3 is 2.89 bits per heavy atom. The second kappa shape index (κ2) is 5.40. The molecule has 1 heterocycles. The van der Waals surface area contributed by atoms with Crippen LogP contribution in [0.1, 0.15) is 25.3 Å². The summed E-state index contributed by atoms with van der Waals surface area (Å²) in [7, 11) is 0. The van der Waals surface area contributed by atoms with Crippen molar-refractivity contribution in [1.82, 2.24) is 0 Å². The average molecular weight is 268 g/mol. The van der Waals surface area contributed by atoms with Crippen molar-refractivity contribution in [2.24, 2.45) is 5.16 Å². The molecule has 2 rings (SSSR count). The SMILES string of the molecule is CCCOC(=O)C1=NOC(Cl)(c2ccccc2)C1. The molecule has 4 nitrogen and oxygen atoms in total. The summed E-state index contributed by atoms with van der Waals surface area (Å²) in [5, 5.41) is 2.63. The number of carbonyl (C=O) groups is 1. The molecule has 0 saturated heterocycles. The number of nitrogens with zero attached hydrogens (tertiary/aromatic N) is 1. The van der Waals surface area contributed by atoms with Crippen molar-refractivity contribution in [2.45, 2.75) is 24.8 Å². The topological polar surface area (TPSA) is 47.9 Å². The molecular formula is C13H14ClNO3. The van der Waals surface area contributed by atoms with Gasteiger partial charge in [0.15, 0.2) is 5.71 Å². The summed E-state index contributed by atoms with van der Waals surface area (Å²) < 4.78 is 5.00. The zero-order valence-corrected chi connectivity index (χ0v) is 10.8. The van der Waals surface area contributed by atoms with Crippen LogP contribution in [0.5, 0.6) is 0 Å². The number of benzene rings is 1. The monoisotopic (exact) mass is 267 g/mol. The van der Waals surface area contributed by atoms with Crippen LogP contribution in [0, 0.1) is 0 Å². The second-order valence-corrected chi connectivity index (χ2v) is 4.65. The van der Waals surface area contributed by atoms with E-state index in [0.29, 0.717) is 6.61 Å². The molecule has 5 heteroatoms. The van der Waals surface area contributed by atoms with Gasteiger partial charge in [0.05, 0.1) is 13.0 Å². The van der Waals surface area contributed by atoms with Crippen LogP contribution in [0.25, 0.3) is 0 Å². The molecule has 1 aliphatic heterocycles. The third-order valence-electron chi connectivity index (χ3n) is 2.57. The van der Waals surface area contributed by atoms with Gasteiger partial charge in [-0.15, -0.1) is 0 Å². The van der Waals surface area contributed by atoms with Crippen molar-refractivity contribution >= 4 is 23.3 Å². The minimum Gasteiger partial charge on any atom is -0.461 e. The van der Waals surface area contributed by atoms with Crippen LogP contribution in [0.3, 0.4) is 0 Å².